The van der Waals surface area contributed by atoms with Gasteiger partial charge in [-0.05, 0) is 18.9 Å². The van der Waals surface area contributed by atoms with Crippen LogP contribution in [-0.2, 0) is 23.8 Å². The molecule has 2 fully saturated rings. The molecule has 0 spiro atoms. The third-order valence-corrected chi connectivity index (χ3v) is 5.33. The van der Waals surface area contributed by atoms with Crippen LogP contribution in [0.25, 0.3) is 0 Å². The Kier molecular flexibility index (Phi) is 6.39. The Balaban J connectivity index is 1.83. The first-order valence-corrected chi connectivity index (χ1v) is 9.57. The molecule has 1 N–H and O–H groups in total. The molecule has 2 amide bonds. The lowest BCUT2D eigenvalue weighted by molar-refractivity contribution is -0.162. The van der Waals surface area contributed by atoms with Crippen LogP contribution in [0.5, 0.6) is 0 Å². The van der Waals surface area contributed by atoms with Crippen molar-refractivity contribution >= 4 is 18.0 Å². The van der Waals surface area contributed by atoms with Gasteiger partial charge in [-0.15, -0.1) is 0 Å². The lowest BCUT2D eigenvalue weighted by Crippen LogP contribution is -2.61. The van der Waals surface area contributed by atoms with E-state index in [1.807, 2.05) is 0 Å². The van der Waals surface area contributed by atoms with Crippen molar-refractivity contribution in [2.24, 2.45) is 5.92 Å². The topological polar surface area (TPSA) is 106 Å². The van der Waals surface area contributed by atoms with Gasteiger partial charge in [-0.1, -0.05) is 25.3 Å². The summed E-state index contributed by atoms with van der Waals surface area (Å²) >= 11 is 0. The van der Waals surface area contributed by atoms with E-state index in [4.69, 9.17) is 14.2 Å². The summed E-state index contributed by atoms with van der Waals surface area (Å²) in [4.78, 5) is 40.3. The summed E-state index contributed by atoms with van der Waals surface area (Å²) in [6, 6.07) is -0.324. The number of ether oxygens (including phenoxy) is 3. The molecule has 3 aliphatic rings. The maximum absolute atomic E-state index is 12.7. The Bertz CT molecular complexity index is 745. The molecule has 0 saturated carbocycles. The van der Waals surface area contributed by atoms with Gasteiger partial charge in [-0.25, -0.2) is 9.59 Å². The molecular weight excluding hydrogens is 380 g/mol. The van der Waals surface area contributed by atoms with E-state index in [0.717, 1.165) is 0 Å². The number of nitrogens with zero attached hydrogens (tertiary/aromatic N) is 2. The predicted molar refractivity (Wildman–Crippen MR) is 101 cm³/mol. The number of esters is 1. The maximum Gasteiger partial charge on any atom is 0.410 e. The van der Waals surface area contributed by atoms with Crippen molar-refractivity contribution in [1.29, 1.82) is 0 Å². The van der Waals surface area contributed by atoms with Gasteiger partial charge in [0.05, 0.1) is 37.3 Å². The Morgan fingerprint density at radius 1 is 1.31 bits per heavy atom. The van der Waals surface area contributed by atoms with Gasteiger partial charge >= 0.3 is 12.1 Å². The lowest BCUT2D eigenvalue weighted by atomic mass is 9.82. The van der Waals surface area contributed by atoms with Gasteiger partial charge in [0, 0.05) is 6.54 Å². The van der Waals surface area contributed by atoms with E-state index >= 15 is 0 Å². The quantitative estimate of drug-likeness (QED) is 0.375. The van der Waals surface area contributed by atoms with Crippen LogP contribution < -0.4 is 0 Å². The van der Waals surface area contributed by atoms with Gasteiger partial charge < -0.3 is 29.1 Å². The van der Waals surface area contributed by atoms with Crippen LogP contribution in [-0.4, -0.2) is 84.0 Å². The summed E-state index contributed by atoms with van der Waals surface area (Å²) in [5.41, 5.74) is 0.742. The fourth-order valence-corrected chi connectivity index (χ4v) is 4.03. The summed E-state index contributed by atoms with van der Waals surface area (Å²) in [5.74, 6) is -1.54. The average Bonchev–Trinajstić information content (AvgIpc) is 3.05. The molecule has 0 aromatic rings. The van der Waals surface area contributed by atoms with Gasteiger partial charge in [0.25, 0.3) is 0 Å². The molecule has 29 heavy (non-hydrogen) atoms. The molecule has 0 bridgehead atoms. The number of aliphatic hydroxyl groups excluding tert-OH is 1. The lowest BCUT2D eigenvalue weighted by Gasteiger charge is -2.44. The minimum atomic E-state index is -0.828. The first kappa shape index (κ1) is 21.1. The highest BCUT2D eigenvalue weighted by Gasteiger charge is 2.58. The highest BCUT2D eigenvalue weighted by molar-refractivity contribution is 6.00. The number of morpholine rings is 1. The van der Waals surface area contributed by atoms with Crippen molar-refractivity contribution < 1.29 is 33.7 Å². The van der Waals surface area contributed by atoms with Gasteiger partial charge in [0.2, 0.25) is 5.91 Å². The second kappa shape index (κ2) is 8.79. The molecule has 2 saturated heterocycles. The molecule has 1 unspecified atom stereocenters. The number of β-lactam (4-membered cyclic amide) rings is 1. The van der Waals surface area contributed by atoms with Crippen molar-refractivity contribution in [2.45, 2.75) is 31.6 Å². The van der Waals surface area contributed by atoms with Crippen LogP contribution in [0.3, 0.4) is 0 Å². The van der Waals surface area contributed by atoms with E-state index in [1.165, 1.54) is 22.0 Å². The van der Waals surface area contributed by atoms with E-state index in [0.29, 0.717) is 18.5 Å². The molecule has 9 heteroatoms. The zero-order valence-corrected chi connectivity index (χ0v) is 16.4. The maximum atomic E-state index is 12.7. The Morgan fingerprint density at radius 3 is 2.66 bits per heavy atom. The van der Waals surface area contributed by atoms with Gasteiger partial charge in [0.15, 0.2) is 0 Å². The Morgan fingerprint density at radius 2 is 2.00 bits per heavy atom. The van der Waals surface area contributed by atoms with Crippen LogP contribution >= 0.6 is 0 Å². The number of carbonyl (C=O) groups excluding carboxylic acids is 3. The van der Waals surface area contributed by atoms with Gasteiger partial charge in [-0.3, -0.25) is 4.79 Å². The molecule has 0 aliphatic carbocycles. The molecule has 9 nitrogen and oxygen atoms in total. The van der Waals surface area contributed by atoms with E-state index in [9.17, 15) is 19.5 Å². The van der Waals surface area contributed by atoms with Crippen LogP contribution in [0, 0.1) is 5.92 Å². The molecule has 158 valence electrons. The molecule has 0 radical (unpaired) electrons. The Hall–Kier alpha value is -2.65. The predicted octanol–water partition coefficient (Wildman–Crippen LogP) is 0.605. The third kappa shape index (κ3) is 3.92. The number of aliphatic hydroxyl groups is 1. The Labute approximate surface area is 169 Å². The molecule has 0 aromatic heterocycles. The number of fused-ring (bicyclic) bond motifs is 1. The third-order valence-electron chi connectivity index (χ3n) is 5.33. The summed E-state index contributed by atoms with van der Waals surface area (Å²) in [7, 11) is 0. The van der Waals surface area contributed by atoms with Crippen LogP contribution in [0.4, 0.5) is 4.79 Å². The molecule has 4 atom stereocenters. The summed E-state index contributed by atoms with van der Waals surface area (Å²) in [6.07, 6.45) is 1.41. The average molecular weight is 406 g/mol. The van der Waals surface area contributed by atoms with Crippen LogP contribution in [0.15, 0.2) is 36.6 Å². The SMILES string of the molecule is C=CCOC(=O)C1=C(C2CN(C(=O)OCC=C)CCO2)C[C@@H]2[C@@H]([C@@H](C)O)C(=O)N12. The summed E-state index contributed by atoms with van der Waals surface area (Å²) in [5, 5.41) is 9.95. The monoisotopic (exact) mass is 406 g/mol. The highest BCUT2D eigenvalue weighted by Crippen LogP contribution is 2.45. The standard InChI is InChI=1S/C20H26N2O7/c1-4-7-28-19(25)17-13(10-14-16(12(3)23)18(24)22(14)17)15-11-21(6-9-27-15)20(26)29-8-5-2/h4-5,12,14-16,23H,1-2,6-11H2,3H3/t12-,14-,15?,16-/m1/s1. The van der Waals surface area contributed by atoms with E-state index in [2.05, 4.69) is 13.2 Å². The second-order valence-electron chi connectivity index (χ2n) is 7.18. The van der Waals surface area contributed by atoms with Crippen molar-refractivity contribution in [3.63, 3.8) is 0 Å². The number of amides is 2. The summed E-state index contributed by atoms with van der Waals surface area (Å²) in [6.45, 7) is 9.53. The number of carbonyl (C=O) groups is 3. The van der Waals surface area contributed by atoms with Crippen LogP contribution in [0.1, 0.15) is 13.3 Å². The highest BCUT2D eigenvalue weighted by atomic mass is 16.6. The molecule has 3 aliphatic heterocycles. The van der Waals surface area contributed by atoms with Gasteiger partial charge in [0.1, 0.15) is 18.9 Å². The molecule has 3 rings (SSSR count). The summed E-state index contributed by atoms with van der Waals surface area (Å²) < 4.78 is 16.1. The van der Waals surface area contributed by atoms with E-state index in [-0.39, 0.29) is 44.0 Å². The minimum Gasteiger partial charge on any atom is -0.457 e. The van der Waals surface area contributed by atoms with E-state index in [1.54, 1.807) is 6.92 Å². The fourth-order valence-electron chi connectivity index (χ4n) is 4.03. The zero-order valence-electron chi connectivity index (χ0n) is 16.4. The van der Waals surface area contributed by atoms with Crippen molar-refractivity contribution in [3.05, 3.63) is 36.6 Å². The fraction of sp³-hybridized carbons (Fsp3) is 0.550. The second-order valence-corrected chi connectivity index (χ2v) is 7.18. The van der Waals surface area contributed by atoms with Crippen molar-refractivity contribution in [2.75, 3.05) is 32.9 Å². The smallest absolute Gasteiger partial charge is 0.410 e. The van der Waals surface area contributed by atoms with Crippen molar-refractivity contribution in [1.82, 2.24) is 9.80 Å². The number of rotatable bonds is 7. The number of hydrogen-bond donors (Lipinski definition) is 1. The van der Waals surface area contributed by atoms with Crippen molar-refractivity contribution in [3.8, 4) is 0 Å². The molecule has 3 heterocycles. The first-order chi connectivity index (χ1) is 13.9. The normalized spacial score (nSPS) is 27.1. The first-order valence-electron chi connectivity index (χ1n) is 9.57. The van der Waals surface area contributed by atoms with Crippen LogP contribution in [0.2, 0.25) is 0 Å². The minimum absolute atomic E-state index is 0.00761. The largest absolute Gasteiger partial charge is 0.457 e. The van der Waals surface area contributed by atoms with Gasteiger partial charge in [-0.2, -0.15) is 0 Å². The van der Waals surface area contributed by atoms with E-state index < -0.39 is 30.2 Å². The molecular formula is C20H26N2O7. The zero-order chi connectivity index (χ0) is 21.1. The number of hydrogen-bond acceptors (Lipinski definition) is 7. The molecule has 0 aromatic carbocycles.